The third kappa shape index (κ3) is 8.04. The van der Waals surface area contributed by atoms with Gasteiger partial charge in [0.1, 0.15) is 48.4 Å². The fourth-order valence-electron chi connectivity index (χ4n) is 3.43. The standard InChI is InChI=1S/C27H24F2N4O4/c28-21-5-1-20(2-6-21)15-36-16-25(32-27(35)14-33-18-30-17-31-33)26(34)13-19-3-9-23(10-4-19)37-24-11-7-22(29)8-12-24/h1-12,17-18,25H,13-16H2,(H,32,35)/t25-/m0/s1. The lowest BCUT2D eigenvalue weighted by molar-refractivity contribution is -0.129. The van der Waals surface area contributed by atoms with Crippen LogP contribution < -0.4 is 10.1 Å². The highest BCUT2D eigenvalue weighted by atomic mass is 19.1. The normalized spacial score (nSPS) is 11.6. The molecular weight excluding hydrogens is 482 g/mol. The summed E-state index contributed by atoms with van der Waals surface area (Å²) in [6.07, 6.45) is 2.76. The van der Waals surface area contributed by atoms with Crippen LogP contribution in [0, 0.1) is 11.6 Å². The first-order chi connectivity index (χ1) is 17.9. The number of amides is 1. The summed E-state index contributed by atoms with van der Waals surface area (Å²) in [5, 5.41) is 6.60. The Labute approximate surface area is 211 Å². The van der Waals surface area contributed by atoms with Crippen molar-refractivity contribution in [3.8, 4) is 11.5 Å². The van der Waals surface area contributed by atoms with Crippen LogP contribution in [0.1, 0.15) is 11.1 Å². The largest absolute Gasteiger partial charge is 0.457 e. The van der Waals surface area contributed by atoms with Crippen LogP contribution in [0.5, 0.6) is 11.5 Å². The highest BCUT2D eigenvalue weighted by Crippen LogP contribution is 2.22. The molecule has 1 N–H and O–H groups in total. The van der Waals surface area contributed by atoms with E-state index in [1.807, 2.05) is 0 Å². The zero-order chi connectivity index (χ0) is 26.0. The predicted molar refractivity (Wildman–Crippen MR) is 130 cm³/mol. The van der Waals surface area contributed by atoms with Gasteiger partial charge in [-0.3, -0.25) is 9.59 Å². The Kier molecular flexibility index (Phi) is 8.66. The van der Waals surface area contributed by atoms with Crippen molar-refractivity contribution >= 4 is 11.7 Å². The molecule has 1 aromatic heterocycles. The maximum absolute atomic E-state index is 13.1. The number of aromatic nitrogens is 3. The molecule has 8 nitrogen and oxygen atoms in total. The summed E-state index contributed by atoms with van der Waals surface area (Å²) in [6.45, 7) is -0.0132. The lowest BCUT2D eigenvalue weighted by Crippen LogP contribution is -2.46. The molecule has 0 unspecified atom stereocenters. The van der Waals surface area contributed by atoms with Gasteiger partial charge in [0.25, 0.3) is 0 Å². The molecular formula is C27H24F2N4O4. The summed E-state index contributed by atoms with van der Waals surface area (Å²) >= 11 is 0. The minimum absolute atomic E-state index is 0.0466. The molecule has 190 valence electrons. The van der Waals surface area contributed by atoms with E-state index in [0.717, 1.165) is 5.56 Å². The number of nitrogens with zero attached hydrogens (tertiary/aromatic N) is 3. The van der Waals surface area contributed by atoms with Crippen molar-refractivity contribution in [2.45, 2.75) is 25.6 Å². The van der Waals surface area contributed by atoms with Crippen LogP contribution in [-0.2, 0) is 33.9 Å². The minimum atomic E-state index is -0.911. The number of carbonyl (C=O) groups is 2. The van der Waals surface area contributed by atoms with Gasteiger partial charge in [-0.25, -0.2) is 18.4 Å². The molecule has 0 aliphatic carbocycles. The van der Waals surface area contributed by atoms with E-state index in [4.69, 9.17) is 9.47 Å². The van der Waals surface area contributed by atoms with Gasteiger partial charge in [-0.1, -0.05) is 24.3 Å². The molecule has 0 bridgehead atoms. The summed E-state index contributed by atoms with van der Waals surface area (Å²) in [4.78, 5) is 29.4. The van der Waals surface area contributed by atoms with Gasteiger partial charge in [0.05, 0.1) is 13.2 Å². The zero-order valence-electron chi connectivity index (χ0n) is 19.7. The number of nitrogens with one attached hydrogen (secondary N) is 1. The number of carbonyl (C=O) groups excluding carboxylic acids is 2. The summed E-state index contributed by atoms with van der Waals surface area (Å²) < 4.78 is 38.9. The van der Waals surface area contributed by atoms with E-state index < -0.39 is 11.9 Å². The number of ketones is 1. The molecule has 0 saturated carbocycles. The Bertz CT molecular complexity index is 1300. The van der Waals surface area contributed by atoms with Crippen molar-refractivity contribution in [2.75, 3.05) is 6.61 Å². The lowest BCUT2D eigenvalue weighted by atomic mass is 10.0. The average Bonchev–Trinajstić information content (AvgIpc) is 3.40. The molecule has 0 fully saturated rings. The molecule has 0 radical (unpaired) electrons. The van der Waals surface area contributed by atoms with Gasteiger partial charge in [0.2, 0.25) is 5.91 Å². The van der Waals surface area contributed by atoms with Gasteiger partial charge in [-0.05, 0) is 59.7 Å². The van der Waals surface area contributed by atoms with E-state index >= 15 is 0 Å². The molecule has 4 rings (SSSR count). The van der Waals surface area contributed by atoms with Crippen LogP contribution in [0.3, 0.4) is 0 Å². The first kappa shape index (κ1) is 25.6. The maximum Gasteiger partial charge on any atom is 0.242 e. The molecule has 1 heterocycles. The number of rotatable bonds is 12. The van der Waals surface area contributed by atoms with Crippen molar-refractivity contribution in [2.24, 2.45) is 0 Å². The molecule has 0 aliphatic rings. The van der Waals surface area contributed by atoms with Crippen LogP contribution in [0.4, 0.5) is 8.78 Å². The molecule has 10 heteroatoms. The van der Waals surface area contributed by atoms with E-state index in [0.29, 0.717) is 17.1 Å². The highest BCUT2D eigenvalue weighted by molar-refractivity contribution is 5.90. The van der Waals surface area contributed by atoms with Gasteiger partial charge in [0.15, 0.2) is 5.78 Å². The SMILES string of the molecule is O=C(Cn1cncn1)N[C@@H](COCc1ccc(F)cc1)C(=O)Cc1ccc(Oc2ccc(F)cc2)cc1. The topological polar surface area (TPSA) is 95.3 Å². The zero-order valence-corrected chi connectivity index (χ0v) is 19.7. The molecule has 0 spiro atoms. The number of benzene rings is 3. The van der Waals surface area contributed by atoms with Crippen LogP contribution >= 0.6 is 0 Å². The molecule has 4 aromatic rings. The third-order valence-corrected chi connectivity index (χ3v) is 5.31. The maximum atomic E-state index is 13.1. The predicted octanol–water partition coefficient (Wildman–Crippen LogP) is 3.86. The lowest BCUT2D eigenvalue weighted by Gasteiger charge is -2.18. The van der Waals surface area contributed by atoms with E-state index in [-0.39, 0.29) is 43.6 Å². The Morgan fingerprint density at radius 1 is 0.865 bits per heavy atom. The van der Waals surface area contributed by atoms with Crippen molar-refractivity contribution in [1.29, 1.82) is 0 Å². The van der Waals surface area contributed by atoms with E-state index in [9.17, 15) is 18.4 Å². The molecule has 37 heavy (non-hydrogen) atoms. The van der Waals surface area contributed by atoms with E-state index in [1.165, 1.54) is 53.7 Å². The molecule has 1 amide bonds. The summed E-state index contributed by atoms with van der Waals surface area (Å²) in [5.41, 5.74) is 1.45. The van der Waals surface area contributed by atoms with Crippen LogP contribution in [0.25, 0.3) is 0 Å². The Morgan fingerprint density at radius 3 is 2.08 bits per heavy atom. The first-order valence-electron chi connectivity index (χ1n) is 11.4. The van der Waals surface area contributed by atoms with Crippen LogP contribution in [-0.4, -0.2) is 39.1 Å². The monoisotopic (exact) mass is 506 g/mol. The second kappa shape index (κ2) is 12.5. The smallest absolute Gasteiger partial charge is 0.242 e. The fraction of sp³-hybridized carbons (Fsp3) is 0.185. The summed E-state index contributed by atoms with van der Waals surface area (Å²) in [6, 6.07) is 17.4. The summed E-state index contributed by atoms with van der Waals surface area (Å²) in [7, 11) is 0. The fourth-order valence-corrected chi connectivity index (χ4v) is 3.43. The molecule has 0 aliphatic heterocycles. The molecule has 3 aromatic carbocycles. The Balaban J connectivity index is 1.37. The Hall–Kier alpha value is -4.44. The highest BCUT2D eigenvalue weighted by Gasteiger charge is 2.22. The van der Waals surface area contributed by atoms with Gasteiger partial charge in [-0.15, -0.1) is 0 Å². The van der Waals surface area contributed by atoms with Crippen molar-refractivity contribution in [3.63, 3.8) is 0 Å². The molecule has 1 atom stereocenters. The molecule has 0 saturated heterocycles. The second-order valence-electron chi connectivity index (χ2n) is 8.20. The number of ether oxygens (including phenoxy) is 2. The van der Waals surface area contributed by atoms with E-state index in [1.54, 1.807) is 36.4 Å². The van der Waals surface area contributed by atoms with Gasteiger partial charge >= 0.3 is 0 Å². The van der Waals surface area contributed by atoms with Crippen LogP contribution in [0.2, 0.25) is 0 Å². The Morgan fingerprint density at radius 2 is 1.46 bits per heavy atom. The van der Waals surface area contributed by atoms with Crippen LogP contribution in [0.15, 0.2) is 85.5 Å². The van der Waals surface area contributed by atoms with Crippen molar-refractivity contribution in [3.05, 3.63) is 108 Å². The number of hydrogen-bond acceptors (Lipinski definition) is 6. The second-order valence-corrected chi connectivity index (χ2v) is 8.20. The first-order valence-corrected chi connectivity index (χ1v) is 11.4. The van der Waals surface area contributed by atoms with Gasteiger partial charge < -0.3 is 14.8 Å². The summed E-state index contributed by atoms with van der Waals surface area (Å²) in [5.74, 6) is -0.366. The number of Topliss-reactive ketones (excluding diaryl/α,β-unsaturated/α-hetero) is 1. The quantitative estimate of drug-likeness (QED) is 0.314. The number of hydrogen-bond donors (Lipinski definition) is 1. The number of halogens is 2. The van der Waals surface area contributed by atoms with E-state index in [2.05, 4.69) is 15.4 Å². The van der Waals surface area contributed by atoms with Gasteiger partial charge in [-0.2, -0.15) is 5.10 Å². The van der Waals surface area contributed by atoms with Crippen molar-refractivity contribution < 1.29 is 27.8 Å². The average molecular weight is 507 g/mol. The van der Waals surface area contributed by atoms with Gasteiger partial charge in [0, 0.05) is 6.42 Å². The minimum Gasteiger partial charge on any atom is -0.457 e. The third-order valence-electron chi connectivity index (χ3n) is 5.31. The van der Waals surface area contributed by atoms with Crippen molar-refractivity contribution in [1.82, 2.24) is 20.1 Å².